The highest BCUT2D eigenvalue weighted by Crippen LogP contribution is 2.10. The molecule has 0 aliphatic carbocycles. The number of hydrogen-bond donors (Lipinski definition) is 0. The Morgan fingerprint density at radius 1 is 1.67 bits per heavy atom. The number of ether oxygens (including phenoxy) is 1. The van der Waals surface area contributed by atoms with Crippen LogP contribution in [0.1, 0.15) is 10.5 Å². The minimum Gasteiger partial charge on any atom is -0.497 e. The first-order valence-electron chi connectivity index (χ1n) is 2.94. The second-order valence-corrected chi connectivity index (χ2v) is 2.20. The minimum absolute atomic E-state index is 0. The van der Waals surface area contributed by atoms with Crippen molar-refractivity contribution in [3.05, 3.63) is 24.0 Å². The molecule has 0 saturated heterocycles. The van der Waals surface area contributed by atoms with Gasteiger partial charge in [-0.2, -0.15) is 0 Å². The summed E-state index contributed by atoms with van der Waals surface area (Å²) in [4.78, 5) is 14.3. The van der Waals surface area contributed by atoms with Crippen molar-refractivity contribution >= 4 is 29.3 Å². The lowest BCUT2D eigenvalue weighted by Crippen LogP contribution is -1.93. The van der Waals surface area contributed by atoms with Gasteiger partial charge in [0.05, 0.1) is 7.11 Å². The fraction of sp³-hybridized carbons (Fsp3) is 0.143. The smallest absolute Gasteiger partial charge is 0.270 e. The standard InChI is InChI=1S/C7H6ClNO2.ClH/c1-11-5-2-3-9-6(4-5)7(8)10;/h2-4H,1H3;1H. The van der Waals surface area contributed by atoms with Crippen molar-refractivity contribution in [2.45, 2.75) is 0 Å². The molecular formula is C7H7Cl2NO2. The van der Waals surface area contributed by atoms with Crippen molar-refractivity contribution in [3.63, 3.8) is 0 Å². The predicted octanol–water partition coefficient (Wildman–Crippen LogP) is 1.89. The first-order chi connectivity index (χ1) is 5.24. The number of rotatable bonds is 2. The molecular weight excluding hydrogens is 201 g/mol. The summed E-state index contributed by atoms with van der Waals surface area (Å²) in [5.74, 6) is 0.573. The highest BCUT2D eigenvalue weighted by molar-refractivity contribution is 6.67. The van der Waals surface area contributed by atoms with Crippen LogP contribution in [0, 0.1) is 0 Å². The molecule has 1 rings (SSSR count). The van der Waals surface area contributed by atoms with Gasteiger partial charge in [-0.25, -0.2) is 0 Å². The molecule has 0 atom stereocenters. The molecule has 0 saturated carbocycles. The average molecular weight is 208 g/mol. The van der Waals surface area contributed by atoms with Crippen LogP contribution in [-0.2, 0) is 0 Å². The van der Waals surface area contributed by atoms with Gasteiger partial charge in [0.2, 0.25) is 0 Å². The van der Waals surface area contributed by atoms with Crippen LogP contribution in [0.3, 0.4) is 0 Å². The van der Waals surface area contributed by atoms with E-state index in [-0.39, 0.29) is 18.1 Å². The zero-order valence-electron chi connectivity index (χ0n) is 6.28. The molecule has 0 fully saturated rings. The van der Waals surface area contributed by atoms with Gasteiger partial charge >= 0.3 is 0 Å². The van der Waals surface area contributed by atoms with Crippen LogP contribution in [0.25, 0.3) is 0 Å². The van der Waals surface area contributed by atoms with Crippen molar-refractivity contribution in [1.29, 1.82) is 0 Å². The van der Waals surface area contributed by atoms with E-state index in [2.05, 4.69) is 4.98 Å². The highest BCUT2D eigenvalue weighted by Gasteiger charge is 2.03. The van der Waals surface area contributed by atoms with E-state index in [9.17, 15) is 4.79 Å². The van der Waals surface area contributed by atoms with E-state index in [0.29, 0.717) is 5.75 Å². The second-order valence-electron chi connectivity index (χ2n) is 1.85. The Bertz CT molecular complexity index is 278. The van der Waals surface area contributed by atoms with Crippen LogP contribution in [0.4, 0.5) is 0 Å². The summed E-state index contributed by atoms with van der Waals surface area (Å²) >= 11 is 5.18. The quantitative estimate of drug-likeness (QED) is 0.696. The zero-order valence-corrected chi connectivity index (χ0v) is 7.85. The zero-order chi connectivity index (χ0) is 8.27. The lowest BCUT2D eigenvalue weighted by molar-refractivity contribution is 0.107. The SMILES string of the molecule is COc1ccnc(C(=O)Cl)c1.Cl. The summed E-state index contributed by atoms with van der Waals surface area (Å²) in [6.07, 6.45) is 1.47. The normalized spacial score (nSPS) is 8.50. The van der Waals surface area contributed by atoms with Crippen LogP contribution in [0.5, 0.6) is 5.75 Å². The van der Waals surface area contributed by atoms with Gasteiger partial charge in [0.15, 0.2) is 0 Å². The Morgan fingerprint density at radius 3 is 2.83 bits per heavy atom. The molecule has 1 heterocycles. The van der Waals surface area contributed by atoms with E-state index in [1.54, 1.807) is 6.07 Å². The molecule has 5 heteroatoms. The molecule has 0 unspecified atom stereocenters. The number of methoxy groups -OCH3 is 1. The number of carbonyl (C=O) groups excluding carboxylic acids is 1. The molecule has 0 radical (unpaired) electrons. The molecule has 0 N–H and O–H groups in total. The van der Waals surface area contributed by atoms with E-state index in [0.717, 1.165) is 0 Å². The summed E-state index contributed by atoms with van der Waals surface area (Å²) in [5.41, 5.74) is 0.200. The van der Waals surface area contributed by atoms with Gasteiger partial charge in [-0.15, -0.1) is 12.4 Å². The molecule has 66 valence electrons. The average Bonchev–Trinajstić information content (AvgIpc) is 2.05. The molecule has 0 aromatic carbocycles. The number of halogens is 2. The first-order valence-corrected chi connectivity index (χ1v) is 3.31. The molecule has 3 nitrogen and oxygen atoms in total. The predicted molar refractivity (Wildman–Crippen MR) is 48.2 cm³/mol. The van der Waals surface area contributed by atoms with Crippen LogP contribution in [0.2, 0.25) is 0 Å². The van der Waals surface area contributed by atoms with Crippen molar-refractivity contribution in [1.82, 2.24) is 4.98 Å². The maximum atomic E-state index is 10.6. The molecule has 0 amide bonds. The number of nitrogens with zero attached hydrogens (tertiary/aromatic N) is 1. The fourth-order valence-electron chi connectivity index (χ4n) is 0.646. The van der Waals surface area contributed by atoms with E-state index in [1.165, 1.54) is 19.4 Å². The fourth-order valence-corrected chi connectivity index (χ4v) is 0.749. The summed E-state index contributed by atoms with van der Waals surface area (Å²) in [6.45, 7) is 0. The number of pyridine rings is 1. The Kier molecular flexibility index (Phi) is 4.62. The monoisotopic (exact) mass is 207 g/mol. The van der Waals surface area contributed by atoms with Gasteiger partial charge in [-0.3, -0.25) is 9.78 Å². The molecule has 0 aliphatic rings. The van der Waals surface area contributed by atoms with E-state index in [4.69, 9.17) is 16.3 Å². The molecule has 0 bridgehead atoms. The van der Waals surface area contributed by atoms with E-state index < -0.39 is 5.24 Å². The third-order valence-electron chi connectivity index (χ3n) is 1.17. The Labute approximate surface area is 81.1 Å². The van der Waals surface area contributed by atoms with Crippen LogP contribution < -0.4 is 4.74 Å². The molecule has 12 heavy (non-hydrogen) atoms. The Balaban J connectivity index is 0.00000121. The Hall–Kier alpha value is -0.800. The van der Waals surface area contributed by atoms with Gasteiger partial charge < -0.3 is 4.74 Å². The van der Waals surface area contributed by atoms with Gasteiger partial charge in [-0.1, -0.05) is 0 Å². The molecule has 1 aromatic heterocycles. The number of hydrogen-bond acceptors (Lipinski definition) is 3. The van der Waals surface area contributed by atoms with Crippen LogP contribution >= 0.6 is 24.0 Å². The van der Waals surface area contributed by atoms with Crippen LogP contribution in [0.15, 0.2) is 18.3 Å². The van der Waals surface area contributed by atoms with Gasteiger partial charge in [0.1, 0.15) is 11.4 Å². The minimum atomic E-state index is -0.580. The first kappa shape index (κ1) is 11.2. The van der Waals surface area contributed by atoms with Crippen molar-refractivity contribution in [2.75, 3.05) is 7.11 Å². The molecule has 0 spiro atoms. The third-order valence-corrected chi connectivity index (χ3v) is 1.36. The van der Waals surface area contributed by atoms with Crippen molar-refractivity contribution < 1.29 is 9.53 Å². The van der Waals surface area contributed by atoms with Crippen molar-refractivity contribution in [3.8, 4) is 5.75 Å². The topological polar surface area (TPSA) is 39.2 Å². The Morgan fingerprint density at radius 2 is 2.33 bits per heavy atom. The largest absolute Gasteiger partial charge is 0.497 e. The number of aromatic nitrogens is 1. The lowest BCUT2D eigenvalue weighted by atomic mass is 10.3. The summed E-state index contributed by atoms with van der Waals surface area (Å²) in [5, 5.41) is -0.580. The van der Waals surface area contributed by atoms with Crippen molar-refractivity contribution in [2.24, 2.45) is 0 Å². The molecule has 0 aliphatic heterocycles. The molecule has 1 aromatic rings. The van der Waals surface area contributed by atoms with Gasteiger partial charge in [-0.05, 0) is 17.7 Å². The summed E-state index contributed by atoms with van der Waals surface area (Å²) < 4.78 is 4.85. The van der Waals surface area contributed by atoms with E-state index >= 15 is 0 Å². The summed E-state index contributed by atoms with van der Waals surface area (Å²) in [7, 11) is 1.51. The van der Waals surface area contributed by atoms with E-state index in [1.807, 2.05) is 0 Å². The lowest BCUT2D eigenvalue weighted by Gasteiger charge is -1.98. The highest BCUT2D eigenvalue weighted by atomic mass is 35.5. The van der Waals surface area contributed by atoms with Gasteiger partial charge in [0.25, 0.3) is 5.24 Å². The maximum absolute atomic E-state index is 10.6. The summed E-state index contributed by atoms with van der Waals surface area (Å²) in [6, 6.07) is 3.12. The number of carbonyl (C=O) groups is 1. The van der Waals surface area contributed by atoms with Gasteiger partial charge in [0, 0.05) is 12.3 Å². The second kappa shape index (κ2) is 4.95. The van der Waals surface area contributed by atoms with Crippen LogP contribution in [-0.4, -0.2) is 17.3 Å². The third kappa shape index (κ3) is 2.68. The maximum Gasteiger partial charge on any atom is 0.270 e.